The molecule has 1 aliphatic carbocycles. The highest BCUT2D eigenvalue weighted by Gasteiger charge is 2.62. The molecule has 160 valence electrons. The second-order valence-electron chi connectivity index (χ2n) is 8.08. The average molecular weight is 411 g/mol. The van der Waals surface area contributed by atoms with Crippen molar-refractivity contribution in [3.05, 3.63) is 35.9 Å². The monoisotopic (exact) mass is 411 g/mol. The van der Waals surface area contributed by atoms with Crippen LogP contribution < -0.4 is 10.6 Å². The fourth-order valence-corrected chi connectivity index (χ4v) is 4.24. The number of likely N-dealkylation sites (tertiary alicyclic amines) is 1. The Hall–Kier alpha value is -2.09. The van der Waals surface area contributed by atoms with Crippen LogP contribution in [-0.2, 0) is 16.1 Å². The van der Waals surface area contributed by atoms with Crippen LogP contribution in [0.3, 0.4) is 0 Å². The van der Waals surface area contributed by atoms with Crippen LogP contribution in [0.1, 0.15) is 44.1 Å². The molecule has 2 N–H and O–H groups in total. The zero-order chi connectivity index (χ0) is 20.9. The number of nitrogens with one attached hydrogen (secondary N) is 2. The molecule has 2 amide bonds. The van der Waals surface area contributed by atoms with E-state index in [9.17, 15) is 22.8 Å². The lowest BCUT2D eigenvalue weighted by Gasteiger charge is -2.30. The van der Waals surface area contributed by atoms with Gasteiger partial charge in [-0.1, -0.05) is 43.2 Å². The van der Waals surface area contributed by atoms with Crippen LogP contribution in [0.2, 0.25) is 0 Å². The van der Waals surface area contributed by atoms with E-state index in [1.165, 1.54) is 0 Å². The smallest absolute Gasteiger partial charge is 0.355 e. The highest BCUT2D eigenvalue weighted by atomic mass is 19.4. The first-order valence-corrected chi connectivity index (χ1v) is 10.2. The van der Waals surface area contributed by atoms with Crippen molar-refractivity contribution >= 4 is 11.8 Å². The molecule has 0 aromatic heterocycles. The maximum atomic E-state index is 13.9. The molecule has 8 heteroatoms. The summed E-state index contributed by atoms with van der Waals surface area (Å²) in [6.07, 6.45) is -0.897. The number of benzene rings is 1. The van der Waals surface area contributed by atoms with Gasteiger partial charge in [0.2, 0.25) is 11.8 Å². The molecular formula is C21H28F3N3O2. The van der Waals surface area contributed by atoms with Gasteiger partial charge in [-0.3, -0.25) is 14.5 Å². The summed E-state index contributed by atoms with van der Waals surface area (Å²) in [5.41, 5.74) is -1.52. The number of alkyl halides is 3. The number of hydrogen-bond donors (Lipinski definition) is 2. The number of rotatable bonds is 7. The molecule has 1 atom stereocenters. The third-order valence-corrected chi connectivity index (χ3v) is 5.93. The summed E-state index contributed by atoms with van der Waals surface area (Å²) in [6.45, 7) is 0.110. The van der Waals surface area contributed by atoms with Crippen LogP contribution in [0.25, 0.3) is 0 Å². The van der Waals surface area contributed by atoms with Gasteiger partial charge in [-0.05, 0) is 31.4 Å². The molecule has 1 aliphatic heterocycles. The van der Waals surface area contributed by atoms with Gasteiger partial charge in [-0.25, -0.2) is 0 Å². The third-order valence-electron chi connectivity index (χ3n) is 5.93. The molecule has 1 heterocycles. The summed E-state index contributed by atoms with van der Waals surface area (Å²) < 4.78 is 41.6. The number of halogens is 3. The Balaban J connectivity index is 1.54. The summed E-state index contributed by atoms with van der Waals surface area (Å²) >= 11 is 0. The van der Waals surface area contributed by atoms with E-state index in [2.05, 4.69) is 10.6 Å². The summed E-state index contributed by atoms with van der Waals surface area (Å²) in [5.74, 6) is -1.26. The molecule has 1 unspecified atom stereocenters. The molecule has 0 bridgehead atoms. The van der Waals surface area contributed by atoms with Gasteiger partial charge >= 0.3 is 6.18 Å². The van der Waals surface area contributed by atoms with Crippen LogP contribution >= 0.6 is 0 Å². The van der Waals surface area contributed by atoms with Crippen LogP contribution in [0, 0.1) is 5.41 Å². The van der Waals surface area contributed by atoms with Crippen molar-refractivity contribution in [2.75, 3.05) is 19.6 Å². The first kappa shape index (κ1) is 21.6. The summed E-state index contributed by atoms with van der Waals surface area (Å²) in [7, 11) is 0. The minimum Gasteiger partial charge on any atom is -0.355 e. The minimum atomic E-state index is -4.64. The molecule has 2 aliphatic rings. The molecule has 29 heavy (non-hydrogen) atoms. The zero-order valence-corrected chi connectivity index (χ0v) is 16.4. The number of amides is 2. The zero-order valence-electron chi connectivity index (χ0n) is 16.4. The van der Waals surface area contributed by atoms with Crippen molar-refractivity contribution < 1.29 is 22.8 Å². The maximum Gasteiger partial charge on any atom is 0.404 e. The second-order valence-corrected chi connectivity index (χ2v) is 8.08. The Bertz CT molecular complexity index is 705. The molecule has 0 spiro atoms. The Morgan fingerprint density at radius 2 is 1.83 bits per heavy atom. The molecule has 5 nitrogen and oxygen atoms in total. The van der Waals surface area contributed by atoms with E-state index in [4.69, 9.17) is 0 Å². The van der Waals surface area contributed by atoms with Gasteiger partial charge in [0.05, 0.1) is 0 Å². The molecule has 1 aromatic rings. The molecule has 3 rings (SSSR count). The molecule has 2 fully saturated rings. The van der Waals surface area contributed by atoms with Crippen molar-refractivity contribution in [3.8, 4) is 0 Å². The lowest BCUT2D eigenvalue weighted by Crippen LogP contribution is -2.52. The van der Waals surface area contributed by atoms with E-state index in [0.29, 0.717) is 6.54 Å². The van der Waals surface area contributed by atoms with Gasteiger partial charge in [0.25, 0.3) is 0 Å². The third kappa shape index (κ3) is 5.29. The molecule has 0 radical (unpaired) electrons. The van der Waals surface area contributed by atoms with E-state index in [-0.39, 0.29) is 44.4 Å². The molecule has 1 saturated carbocycles. The van der Waals surface area contributed by atoms with E-state index in [1.807, 2.05) is 30.3 Å². The van der Waals surface area contributed by atoms with Crippen molar-refractivity contribution in [3.63, 3.8) is 0 Å². The minimum absolute atomic E-state index is 0.0100. The number of hydrogen-bond acceptors (Lipinski definition) is 3. The fourth-order valence-electron chi connectivity index (χ4n) is 4.24. The number of carbonyl (C=O) groups is 2. The normalized spacial score (nSPS) is 23.3. The van der Waals surface area contributed by atoms with E-state index >= 15 is 0 Å². The first-order chi connectivity index (χ1) is 13.8. The largest absolute Gasteiger partial charge is 0.404 e. The Morgan fingerprint density at radius 3 is 2.48 bits per heavy atom. The van der Waals surface area contributed by atoms with Crippen LogP contribution in [0.5, 0.6) is 0 Å². The van der Waals surface area contributed by atoms with Crippen LogP contribution in [0.4, 0.5) is 13.2 Å². The highest BCUT2D eigenvalue weighted by molar-refractivity contribution is 5.85. The topological polar surface area (TPSA) is 61.4 Å². The predicted molar refractivity (Wildman–Crippen MR) is 103 cm³/mol. The quantitative estimate of drug-likeness (QED) is 0.725. The summed E-state index contributed by atoms with van der Waals surface area (Å²) in [6, 6.07) is 9.40. The van der Waals surface area contributed by atoms with Gasteiger partial charge in [0.15, 0.2) is 5.41 Å². The first-order valence-electron chi connectivity index (χ1n) is 10.2. The molecule has 1 saturated heterocycles. The highest BCUT2D eigenvalue weighted by Crippen LogP contribution is 2.46. The molecular weight excluding hydrogens is 383 g/mol. The van der Waals surface area contributed by atoms with Gasteiger partial charge in [0.1, 0.15) is 0 Å². The average Bonchev–Trinajstić information content (AvgIpc) is 3.32. The van der Waals surface area contributed by atoms with Gasteiger partial charge in [-0.2, -0.15) is 13.2 Å². The van der Waals surface area contributed by atoms with Crippen molar-refractivity contribution in [1.82, 2.24) is 15.5 Å². The maximum absolute atomic E-state index is 13.9. The van der Waals surface area contributed by atoms with Crippen molar-refractivity contribution in [2.45, 2.75) is 57.3 Å². The lowest BCUT2D eigenvalue weighted by atomic mass is 9.85. The number of carbonyl (C=O) groups excluding carboxylic acids is 2. The van der Waals surface area contributed by atoms with Crippen LogP contribution in [-0.4, -0.2) is 48.6 Å². The van der Waals surface area contributed by atoms with Crippen LogP contribution in [0.15, 0.2) is 30.3 Å². The molecule has 1 aromatic carbocycles. The Kier molecular flexibility index (Phi) is 6.82. The number of nitrogens with zero attached hydrogens (tertiary/aromatic N) is 1. The van der Waals surface area contributed by atoms with E-state index < -0.39 is 17.5 Å². The Morgan fingerprint density at radius 1 is 1.14 bits per heavy atom. The van der Waals surface area contributed by atoms with E-state index in [0.717, 1.165) is 31.2 Å². The van der Waals surface area contributed by atoms with Gasteiger partial charge < -0.3 is 10.6 Å². The SMILES string of the molecule is O=C(CCNC(=O)C1(C(F)(F)F)CCN(Cc2ccccc2)C1)NC1CCCC1. The summed E-state index contributed by atoms with van der Waals surface area (Å²) in [5, 5.41) is 5.24. The van der Waals surface area contributed by atoms with Gasteiger partial charge in [0, 0.05) is 32.1 Å². The fraction of sp³-hybridized carbons (Fsp3) is 0.619. The predicted octanol–water partition coefficient (Wildman–Crippen LogP) is 3.01. The van der Waals surface area contributed by atoms with Gasteiger partial charge in [-0.15, -0.1) is 0 Å². The van der Waals surface area contributed by atoms with Crippen molar-refractivity contribution in [1.29, 1.82) is 0 Å². The Labute approximate surface area is 169 Å². The second kappa shape index (κ2) is 9.15. The van der Waals surface area contributed by atoms with E-state index in [1.54, 1.807) is 4.90 Å². The lowest BCUT2D eigenvalue weighted by molar-refractivity contribution is -0.218. The van der Waals surface area contributed by atoms with Crippen molar-refractivity contribution in [2.24, 2.45) is 5.41 Å². The standard InChI is InChI=1S/C21H28F3N3O2/c22-21(23,24)20(11-13-27(15-20)14-16-6-2-1-3-7-16)19(29)25-12-10-18(28)26-17-8-4-5-9-17/h1-3,6-7,17H,4-5,8-15H2,(H,25,29)(H,26,28). The summed E-state index contributed by atoms with van der Waals surface area (Å²) in [4.78, 5) is 26.2.